The first-order chi connectivity index (χ1) is 10.0. The van der Waals surface area contributed by atoms with E-state index in [1.54, 1.807) is 30.3 Å². The Balaban J connectivity index is 2.12. The lowest BCUT2D eigenvalue weighted by atomic mass is 10.1. The van der Waals surface area contributed by atoms with Gasteiger partial charge >= 0.3 is 0 Å². The van der Waals surface area contributed by atoms with Gasteiger partial charge in [-0.1, -0.05) is 12.1 Å². The number of hydrogen-bond acceptors (Lipinski definition) is 3. The van der Waals surface area contributed by atoms with Crippen molar-refractivity contribution < 1.29 is 13.9 Å². The minimum Gasteiger partial charge on any atom is -0.497 e. The quantitative estimate of drug-likeness (QED) is 0.850. The number of carbonyl (C=O) groups is 1. The maximum absolute atomic E-state index is 12.9. The number of halogens is 1. The van der Waals surface area contributed by atoms with Crippen LogP contribution in [0, 0.1) is 5.82 Å². The van der Waals surface area contributed by atoms with Gasteiger partial charge in [-0.2, -0.15) is 0 Å². The average molecular weight is 288 g/mol. The van der Waals surface area contributed by atoms with E-state index in [9.17, 15) is 9.18 Å². The highest BCUT2D eigenvalue weighted by Crippen LogP contribution is 2.21. The lowest BCUT2D eigenvalue weighted by Crippen LogP contribution is -2.27. The van der Waals surface area contributed by atoms with Crippen LogP contribution in [0.5, 0.6) is 5.75 Å². The number of methoxy groups -OCH3 is 1. The third kappa shape index (κ3) is 3.51. The molecule has 1 amide bonds. The van der Waals surface area contributed by atoms with E-state index in [1.165, 1.54) is 19.2 Å². The number of nitrogen functional groups attached to an aromatic ring is 1. The van der Waals surface area contributed by atoms with Gasteiger partial charge in [0.05, 0.1) is 18.7 Å². The number of nitrogens with one attached hydrogen (secondary N) is 1. The van der Waals surface area contributed by atoms with E-state index in [1.807, 2.05) is 6.92 Å². The largest absolute Gasteiger partial charge is 0.497 e. The molecule has 0 aliphatic carbocycles. The van der Waals surface area contributed by atoms with Crippen molar-refractivity contribution in [1.82, 2.24) is 5.32 Å². The van der Waals surface area contributed by atoms with Crippen LogP contribution in [0.15, 0.2) is 42.5 Å². The Bertz CT molecular complexity index is 641. The number of carbonyl (C=O) groups excluding carboxylic acids is 1. The molecule has 3 N–H and O–H groups in total. The summed E-state index contributed by atoms with van der Waals surface area (Å²) in [6.45, 7) is 1.82. The van der Waals surface area contributed by atoms with Crippen LogP contribution < -0.4 is 15.8 Å². The summed E-state index contributed by atoms with van der Waals surface area (Å²) in [7, 11) is 1.53. The highest BCUT2D eigenvalue weighted by Gasteiger charge is 2.14. The lowest BCUT2D eigenvalue weighted by molar-refractivity contribution is 0.0941. The van der Waals surface area contributed by atoms with E-state index in [0.717, 1.165) is 5.56 Å². The fourth-order valence-electron chi connectivity index (χ4n) is 1.98. The zero-order valence-corrected chi connectivity index (χ0v) is 11.9. The van der Waals surface area contributed by atoms with Gasteiger partial charge in [0.2, 0.25) is 0 Å². The number of amides is 1. The molecule has 0 aliphatic heterocycles. The normalized spacial score (nSPS) is 11.8. The molecule has 0 saturated heterocycles. The lowest BCUT2D eigenvalue weighted by Gasteiger charge is -2.15. The van der Waals surface area contributed by atoms with Crippen LogP contribution in [0.4, 0.5) is 10.1 Å². The number of hydrogen-bond donors (Lipinski definition) is 2. The molecular weight excluding hydrogens is 271 g/mol. The van der Waals surface area contributed by atoms with Gasteiger partial charge in [0.15, 0.2) is 0 Å². The maximum Gasteiger partial charge on any atom is 0.253 e. The van der Waals surface area contributed by atoms with Crippen molar-refractivity contribution >= 4 is 11.6 Å². The van der Waals surface area contributed by atoms with Crippen LogP contribution in [-0.2, 0) is 0 Å². The van der Waals surface area contributed by atoms with E-state index >= 15 is 0 Å². The van der Waals surface area contributed by atoms with E-state index in [0.29, 0.717) is 17.0 Å². The zero-order valence-electron chi connectivity index (χ0n) is 11.9. The molecule has 0 bridgehead atoms. The molecule has 0 aliphatic rings. The molecule has 4 nitrogen and oxygen atoms in total. The van der Waals surface area contributed by atoms with Crippen LogP contribution in [0.2, 0.25) is 0 Å². The smallest absolute Gasteiger partial charge is 0.253 e. The van der Waals surface area contributed by atoms with Crippen LogP contribution in [0.25, 0.3) is 0 Å². The van der Waals surface area contributed by atoms with Crippen molar-refractivity contribution in [2.45, 2.75) is 13.0 Å². The summed E-state index contributed by atoms with van der Waals surface area (Å²) in [5.41, 5.74) is 7.38. The summed E-state index contributed by atoms with van der Waals surface area (Å²) in [5.74, 6) is -0.000661. The Hall–Kier alpha value is -2.56. The molecule has 0 saturated carbocycles. The fraction of sp³-hybridized carbons (Fsp3) is 0.188. The summed E-state index contributed by atoms with van der Waals surface area (Å²) in [6, 6.07) is 10.6. The van der Waals surface area contributed by atoms with Crippen LogP contribution >= 0.6 is 0 Å². The predicted octanol–water partition coefficient (Wildman–Crippen LogP) is 2.91. The monoisotopic (exact) mass is 288 g/mol. The molecule has 0 spiro atoms. The molecule has 1 atom stereocenters. The first kappa shape index (κ1) is 14.8. The second-order valence-electron chi connectivity index (χ2n) is 4.70. The average Bonchev–Trinajstić information content (AvgIpc) is 2.47. The number of nitrogens with two attached hydrogens (primary N) is 1. The van der Waals surface area contributed by atoms with Crippen molar-refractivity contribution in [3.63, 3.8) is 0 Å². The van der Waals surface area contributed by atoms with E-state index in [2.05, 4.69) is 5.32 Å². The molecule has 5 heteroatoms. The summed E-state index contributed by atoms with van der Waals surface area (Å²) in [4.78, 5) is 12.2. The molecule has 2 aromatic rings. The van der Waals surface area contributed by atoms with E-state index in [-0.39, 0.29) is 17.8 Å². The summed E-state index contributed by atoms with van der Waals surface area (Å²) in [5, 5.41) is 2.83. The van der Waals surface area contributed by atoms with Crippen molar-refractivity contribution in [2.75, 3.05) is 12.8 Å². The molecule has 0 radical (unpaired) electrons. The molecule has 0 heterocycles. The SMILES string of the molecule is COc1ccc(C(=O)N[C@@H](C)c2ccc(F)cc2)c(N)c1. The van der Waals surface area contributed by atoms with Gasteiger partial charge in [0, 0.05) is 11.8 Å². The standard InChI is InChI=1S/C16H17FN2O2/c1-10(11-3-5-12(17)6-4-11)19-16(20)14-8-7-13(21-2)9-15(14)18/h3-10H,18H2,1-2H3,(H,19,20)/t10-/m0/s1. The predicted molar refractivity (Wildman–Crippen MR) is 79.7 cm³/mol. The molecule has 0 aromatic heterocycles. The van der Waals surface area contributed by atoms with Gasteiger partial charge in [-0.05, 0) is 36.8 Å². The Morgan fingerprint density at radius 2 is 1.90 bits per heavy atom. The van der Waals surface area contributed by atoms with E-state index < -0.39 is 0 Å². The third-order valence-electron chi connectivity index (χ3n) is 3.22. The van der Waals surface area contributed by atoms with Crippen LogP contribution in [0.3, 0.4) is 0 Å². The molecule has 2 rings (SSSR count). The second kappa shape index (κ2) is 6.26. The number of anilines is 1. The second-order valence-corrected chi connectivity index (χ2v) is 4.70. The highest BCUT2D eigenvalue weighted by atomic mass is 19.1. The van der Waals surface area contributed by atoms with Crippen molar-refractivity contribution in [2.24, 2.45) is 0 Å². The topological polar surface area (TPSA) is 64.3 Å². The van der Waals surface area contributed by atoms with Gasteiger partial charge in [-0.25, -0.2) is 4.39 Å². The maximum atomic E-state index is 12.9. The minimum absolute atomic E-state index is 0.250. The molecule has 0 unspecified atom stereocenters. The Labute approximate surface area is 122 Å². The van der Waals surface area contributed by atoms with Crippen LogP contribution in [0.1, 0.15) is 28.9 Å². The minimum atomic E-state index is -0.309. The Morgan fingerprint density at radius 3 is 2.48 bits per heavy atom. The van der Waals surface area contributed by atoms with Gasteiger partial charge in [0.25, 0.3) is 5.91 Å². The summed E-state index contributed by atoms with van der Waals surface area (Å²) < 4.78 is 17.9. The molecule has 110 valence electrons. The van der Waals surface area contributed by atoms with Crippen molar-refractivity contribution in [3.8, 4) is 5.75 Å². The molecule has 0 fully saturated rings. The van der Waals surface area contributed by atoms with Crippen LogP contribution in [-0.4, -0.2) is 13.0 Å². The first-order valence-corrected chi connectivity index (χ1v) is 6.51. The van der Waals surface area contributed by atoms with Gasteiger partial charge < -0.3 is 15.8 Å². The molecule has 2 aromatic carbocycles. The molecule has 21 heavy (non-hydrogen) atoms. The summed E-state index contributed by atoms with van der Waals surface area (Å²) >= 11 is 0. The Kier molecular flexibility index (Phi) is 4.42. The number of ether oxygens (including phenoxy) is 1. The highest BCUT2D eigenvalue weighted by molar-refractivity contribution is 5.99. The molecular formula is C16H17FN2O2. The fourth-order valence-corrected chi connectivity index (χ4v) is 1.98. The Morgan fingerprint density at radius 1 is 1.24 bits per heavy atom. The van der Waals surface area contributed by atoms with Crippen molar-refractivity contribution in [1.29, 1.82) is 0 Å². The van der Waals surface area contributed by atoms with Crippen molar-refractivity contribution in [3.05, 3.63) is 59.4 Å². The number of rotatable bonds is 4. The number of benzene rings is 2. The van der Waals surface area contributed by atoms with Gasteiger partial charge in [0.1, 0.15) is 11.6 Å². The zero-order chi connectivity index (χ0) is 15.4. The van der Waals surface area contributed by atoms with E-state index in [4.69, 9.17) is 10.5 Å². The summed E-state index contributed by atoms with van der Waals surface area (Å²) in [6.07, 6.45) is 0. The third-order valence-corrected chi connectivity index (χ3v) is 3.22. The first-order valence-electron chi connectivity index (χ1n) is 6.51. The van der Waals surface area contributed by atoms with Gasteiger partial charge in [-0.15, -0.1) is 0 Å². The van der Waals surface area contributed by atoms with Gasteiger partial charge in [-0.3, -0.25) is 4.79 Å².